The van der Waals surface area contributed by atoms with Gasteiger partial charge in [-0.1, -0.05) is 5.21 Å². The number of rotatable bonds is 4. The summed E-state index contributed by atoms with van der Waals surface area (Å²) in [5.41, 5.74) is 1.53. The highest BCUT2D eigenvalue weighted by atomic mass is 19.4. The van der Waals surface area contributed by atoms with Gasteiger partial charge < -0.3 is 15.1 Å². The molecule has 0 spiro atoms. The van der Waals surface area contributed by atoms with Gasteiger partial charge in [0.2, 0.25) is 5.91 Å². The number of aromatic nitrogens is 4. The van der Waals surface area contributed by atoms with Gasteiger partial charge in [0, 0.05) is 18.7 Å². The molecule has 1 aliphatic carbocycles. The summed E-state index contributed by atoms with van der Waals surface area (Å²) in [7, 11) is 0. The van der Waals surface area contributed by atoms with Crippen LogP contribution in [-0.2, 0) is 9.59 Å². The van der Waals surface area contributed by atoms with Gasteiger partial charge in [0.25, 0.3) is 0 Å². The smallest absolute Gasteiger partial charge is 0.476 e. The van der Waals surface area contributed by atoms with E-state index in [9.17, 15) is 22.8 Å². The van der Waals surface area contributed by atoms with Crippen LogP contribution in [0.4, 0.5) is 18.9 Å². The first-order valence-corrected chi connectivity index (χ1v) is 8.70. The molecular formula is C17H16F3N5O5. The molecule has 2 N–H and O–H groups in total. The maximum atomic E-state index is 12.2. The third kappa shape index (κ3) is 4.39. The molecule has 13 heteroatoms. The normalized spacial score (nSPS) is 20.8. The van der Waals surface area contributed by atoms with Crippen LogP contribution in [0, 0.1) is 11.8 Å². The highest BCUT2D eigenvalue weighted by Crippen LogP contribution is 2.47. The van der Waals surface area contributed by atoms with E-state index in [1.807, 2.05) is 13.0 Å². The molecule has 3 heterocycles. The van der Waals surface area contributed by atoms with Gasteiger partial charge in [0.15, 0.2) is 5.69 Å². The Morgan fingerprint density at radius 2 is 1.93 bits per heavy atom. The lowest BCUT2D eigenvalue weighted by molar-refractivity contribution is -0.192. The highest BCUT2D eigenvalue weighted by molar-refractivity contribution is 5.99. The van der Waals surface area contributed by atoms with Crippen LogP contribution in [0.1, 0.15) is 35.4 Å². The van der Waals surface area contributed by atoms with Crippen molar-refractivity contribution in [3.63, 3.8) is 0 Å². The lowest BCUT2D eigenvalue weighted by atomic mass is 10.1. The number of aromatic carboxylic acids is 1. The first-order valence-electron chi connectivity index (χ1n) is 8.70. The average molecular weight is 427 g/mol. The van der Waals surface area contributed by atoms with Gasteiger partial charge in [-0.2, -0.15) is 13.2 Å². The molecule has 0 radical (unpaired) electrons. The maximum Gasteiger partial charge on any atom is 0.490 e. The monoisotopic (exact) mass is 427 g/mol. The number of hydrogen-bond acceptors (Lipinski definition) is 6. The molecule has 4 rings (SSSR count). The largest absolute Gasteiger partial charge is 0.490 e. The fourth-order valence-corrected chi connectivity index (χ4v) is 3.05. The fourth-order valence-electron chi connectivity index (χ4n) is 3.05. The van der Waals surface area contributed by atoms with Crippen molar-refractivity contribution in [3.05, 3.63) is 35.9 Å². The molecular weight excluding hydrogens is 411 g/mol. The zero-order chi connectivity index (χ0) is 22.2. The Morgan fingerprint density at radius 1 is 1.27 bits per heavy atom. The molecule has 10 nitrogen and oxygen atoms in total. The van der Waals surface area contributed by atoms with Gasteiger partial charge in [-0.3, -0.25) is 9.78 Å². The minimum absolute atomic E-state index is 0.101. The van der Waals surface area contributed by atoms with E-state index in [0.29, 0.717) is 5.92 Å². The molecule has 160 valence electrons. The third-order valence-corrected chi connectivity index (χ3v) is 4.83. The Kier molecular flexibility index (Phi) is 5.46. The van der Waals surface area contributed by atoms with Crippen LogP contribution in [-0.4, -0.2) is 60.8 Å². The number of hydrogen-bond donors (Lipinski definition) is 2. The lowest BCUT2D eigenvalue weighted by Gasteiger charge is -2.20. The van der Waals surface area contributed by atoms with Crippen LogP contribution >= 0.6 is 0 Å². The van der Waals surface area contributed by atoms with Gasteiger partial charge >= 0.3 is 18.1 Å². The molecule has 2 aromatic heterocycles. The summed E-state index contributed by atoms with van der Waals surface area (Å²) in [6.45, 7) is 2.64. The molecule has 2 aromatic rings. The van der Waals surface area contributed by atoms with Crippen molar-refractivity contribution in [2.24, 2.45) is 11.8 Å². The second-order valence-corrected chi connectivity index (χ2v) is 6.90. The van der Waals surface area contributed by atoms with E-state index in [-0.39, 0.29) is 23.6 Å². The molecule has 2 aliphatic rings. The number of aliphatic carboxylic acids is 1. The van der Waals surface area contributed by atoms with Crippen molar-refractivity contribution in [1.29, 1.82) is 0 Å². The number of alkyl halides is 3. The Hall–Kier alpha value is -3.51. The van der Waals surface area contributed by atoms with Crippen LogP contribution in [0.2, 0.25) is 0 Å². The van der Waals surface area contributed by atoms with Crippen LogP contribution in [0.5, 0.6) is 0 Å². The number of pyridine rings is 1. The van der Waals surface area contributed by atoms with Crippen LogP contribution in [0.15, 0.2) is 24.7 Å². The van der Waals surface area contributed by atoms with E-state index < -0.39 is 18.1 Å². The third-order valence-electron chi connectivity index (χ3n) is 4.83. The zero-order valence-corrected chi connectivity index (χ0v) is 15.4. The highest BCUT2D eigenvalue weighted by Gasteiger charge is 2.52. The number of amides is 1. The summed E-state index contributed by atoms with van der Waals surface area (Å²) in [4.78, 5) is 38.0. The van der Waals surface area contributed by atoms with E-state index >= 15 is 0 Å². The number of carbonyl (C=O) groups excluding carboxylic acids is 1. The van der Waals surface area contributed by atoms with Crippen LogP contribution < -0.4 is 4.90 Å². The number of carbonyl (C=O) groups is 3. The van der Waals surface area contributed by atoms with Crippen LogP contribution in [0.25, 0.3) is 0 Å². The molecule has 0 aromatic carbocycles. The Labute approximate surface area is 166 Å². The number of halogens is 3. The standard InChI is InChI=1S/C15H15N5O3.C2HF3O2/c1-8(20-7-13(15(22)23)17-18-20)9-2-11(5-16-4-9)19-6-10-3-12(10)14(19)21;3-2(4,5)1(6)7/h2,4-5,7-8,10,12H,3,6H2,1H3,(H,22,23);(H,6,7)/t8?,10-,12-;/m1./s1. The SMILES string of the molecule is CC(c1cncc(N2C[C@H]3C[C@H]3C2=O)c1)n1cc(C(=O)O)nn1.O=C(O)C(F)(F)F. The Morgan fingerprint density at radius 3 is 2.43 bits per heavy atom. The summed E-state index contributed by atoms with van der Waals surface area (Å²) in [5.74, 6) is -3.00. The van der Waals surface area contributed by atoms with Crippen molar-refractivity contribution in [1.82, 2.24) is 20.0 Å². The van der Waals surface area contributed by atoms with Crippen molar-refractivity contribution in [2.75, 3.05) is 11.4 Å². The molecule has 30 heavy (non-hydrogen) atoms. The molecule has 1 unspecified atom stereocenters. The average Bonchev–Trinajstić information content (AvgIpc) is 3.13. The van der Waals surface area contributed by atoms with Gasteiger partial charge in [-0.25, -0.2) is 14.3 Å². The number of carboxylic acid groups (broad SMARTS) is 2. The van der Waals surface area contributed by atoms with E-state index in [1.165, 1.54) is 10.9 Å². The van der Waals surface area contributed by atoms with Gasteiger partial charge in [0.1, 0.15) is 0 Å². The predicted molar refractivity (Wildman–Crippen MR) is 92.7 cm³/mol. The Bertz CT molecular complexity index is 992. The molecule has 2 fully saturated rings. The first-order chi connectivity index (χ1) is 14.0. The zero-order valence-electron chi connectivity index (χ0n) is 15.4. The number of piperidine rings is 1. The molecule has 1 saturated carbocycles. The van der Waals surface area contributed by atoms with E-state index in [4.69, 9.17) is 15.0 Å². The van der Waals surface area contributed by atoms with E-state index in [0.717, 1.165) is 24.2 Å². The van der Waals surface area contributed by atoms with Crippen molar-refractivity contribution < 1.29 is 37.8 Å². The number of nitrogens with zero attached hydrogens (tertiary/aromatic N) is 5. The minimum Gasteiger partial charge on any atom is -0.476 e. The number of anilines is 1. The van der Waals surface area contributed by atoms with Crippen molar-refractivity contribution in [2.45, 2.75) is 25.6 Å². The molecule has 1 saturated heterocycles. The summed E-state index contributed by atoms with van der Waals surface area (Å²) < 4.78 is 33.2. The topological polar surface area (TPSA) is 139 Å². The lowest BCUT2D eigenvalue weighted by Crippen LogP contribution is -2.28. The summed E-state index contributed by atoms with van der Waals surface area (Å²) in [6.07, 6.45) is 0.687. The quantitative estimate of drug-likeness (QED) is 0.750. The van der Waals surface area contributed by atoms with E-state index in [1.54, 1.807) is 17.3 Å². The molecule has 0 bridgehead atoms. The summed E-state index contributed by atoms with van der Waals surface area (Å²) >= 11 is 0. The van der Waals surface area contributed by atoms with Gasteiger partial charge in [0.05, 0.1) is 24.1 Å². The first kappa shape index (κ1) is 21.2. The summed E-state index contributed by atoms with van der Waals surface area (Å²) in [5, 5.41) is 23.5. The van der Waals surface area contributed by atoms with E-state index in [2.05, 4.69) is 15.3 Å². The van der Waals surface area contributed by atoms with Crippen molar-refractivity contribution >= 4 is 23.5 Å². The molecule has 1 aliphatic heterocycles. The second-order valence-electron chi connectivity index (χ2n) is 6.90. The van der Waals surface area contributed by atoms with Gasteiger partial charge in [-0.05, 0) is 30.9 Å². The number of carboxylic acids is 2. The fraction of sp³-hybridized carbons (Fsp3) is 0.412. The molecule has 1 amide bonds. The maximum absolute atomic E-state index is 12.2. The van der Waals surface area contributed by atoms with Crippen LogP contribution in [0.3, 0.4) is 0 Å². The van der Waals surface area contributed by atoms with Crippen molar-refractivity contribution in [3.8, 4) is 0 Å². The second kappa shape index (κ2) is 7.72. The minimum atomic E-state index is -5.08. The Balaban J connectivity index is 0.000000318. The predicted octanol–water partition coefficient (Wildman–Crippen LogP) is 1.60. The summed E-state index contributed by atoms with van der Waals surface area (Å²) in [6, 6.07) is 1.68. The molecule has 3 atom stereocenters. The number of fused-ring (bicyclic) bond motifs is 1. The van der Waals surface area contributed by atoms with Gasteiger partial charge in [-0.15, -0.1) is 5.10 Å².